The molecular formula is C8H18N2. The maximum atomic E-state index is 3.42. The highest BCUT2D eigenvalue weighted by atomic mass is 14.9. The molecule has 0 saturated carbocycles. The van der Waals surface area contributed by atoms with E-state index in [-0.39, 0.29) is 0 Å². The molecule has 1 heterocycles. The van der Waals surface area contributed by atoms with Crippen molar-refractivity contribution in [2.24, 2.45) is 5.92 Å². The molecule has 0 spiro atoms. The lowest BCUT2D eigenvalue weighted by Gasteiger charge is -2.22. The fraction of sp³-hybridized carbons (Fsp3) is 1.00. The normalized spacial score (nSPS) is 26.7. The van der Waals surface area contributed by atoms with Crippen LogP contribution in [0.1, 0.15) is 19.3 Å². The van der Waals surface area contributed by atoms with Gasteiger partial charge in [0.1, 0.15) is 0 Å². The van der Waals surface area contributed by atoms with Crippen LogP contribution in [0.15, 0.2) is 0 Å². The zero-order valence-corrected chi connectivity index (χ0v) is 6.82. The summed E-state index contributed by atoms with van der Waals surface area (Å²) < 4.78 is 0. The van der Waals surface area contributed by atoms with Crippen molar-refractivity contribution in [1.82, 2.24) is 10.6 Å². The topological polar surface area (TPSA) is 24.1 Å². The van der Waals surface area contributed by atoms with Crippen molar-refractivity contribution in [2.45, 2.75) is 19.3 Å². The van der Waals surface area contributed by atoms with Gasteiger partial charge in [-0.2, -0.15) is 0 Å². The van der Waals surface area contributed by atoms with Crippen LogP contribution in [0.3, 0.4) is 0 Å². The molecule has 0 radical (unpaired) electrons. The third kappa shape index (κ3) is 2.67. The van der Waals surface area contributed by atoms with Crippen LogP contribution < -0.4 is 10.6 Å². The van der Waals surface area contributed by atoms with Gasteiger partial charge in [-0.25, -0.2) is 0 Å². The molecule has 2 N–H and O–H groups in total. The molecule has 0 aromatic heterocycles. The third-order valence-electron chi connectivity index (χ3n) is 2.20. The minimum absolute atomic E-state index is 0.932. The second-order valence-electron chi connectivity index (χ2n) is 3.10. The lowest BCUT2D eigenvalue weighted by atomic mass is 9.96. The van der Waals surface area contributed by atoms with E-state index in [1.807, 2.05) is 7.05 Å². The van der Waals surface area contributed by atoms with Crippen molar-refractivity contribution in [3.05, 3.63) is 0 Å². The summed E-state index contributed by atoms with van der Waals surface area (Å²) in [7, 11) is 2.02. The highest BCUT2D eigenvalue weighted by Gasteiger charge is 2.10. The fourth-order valence-electron chi connectivity index (χ4n) is 1.52. The van der Waals surface area contributed by atoms with Crippen molar-refractivity contribution >= 4 is 0 Å². The van der Waals surface area contributed by atoms with Gasteiger partial charge in [0.05, 0.1) is 0 Å². The van der Waals surface area contributed by atoms with E-state index in [9.17, 15) is 0 Å². The summed E-state index contributed by atoms with van der Waals surface area (Å²) in [5.41, 5.74) is 0. The molecule has 0 unspecified atom stereocenters. The summed E-state index contributed by atoms with van der Waals surface area (Å²) in [5.74, 6) is 0.932. The monoisotopic (exact) mass is 142 g/mol. The zero-order chi connectivity index (χ0) is 7.23. The SMILES string of the molecule is CNCC[C@H]1CCCNC1. The zero-order valence-electron chi connectivity index (χ0n) is 6.82. The van der Waals surface area contributed by atoms with Gasteiger partial charge in [0, 0.05) is 0 Å². The first-order valence-corrected chi connectivity index (χ1v) is 4.29. The van der Waals surface area contributed by atoms with E-state index in [2.05, 4.69) is 10.6 Å². The maximum Gasteiger partial charge on any atom is -0.00200 e. The summed E-state index contributed by atoms with van der Waals surface area (Å²) in [6, 6.07) is 0. The Labute approximate surface area is 63.4 Å². The fourth-order valence-corrected chi connectivity index (χ4v) is 1.52. The van der Waals surface area contributed by atoms with Gasteiger partial charge in [0.25, 0.3) is 0 Å². The molecule has 2 nitrogen and oxygen atoms in total. The average molecular weight is 142 g/mol. The number of hydrogen-bond acceptors (Lipinski definition) is 2. The maximum absolute atomic E-state index is 3.42. The van der Waals surface area contributed by atoms with Gasteiger partial charge in [-0.05, 0) is 51.9 Å². The number of rotatable bonds is 3. The Morgan fingerprint density at radius 3 is 3.10 bits per heavy atom. The van der Waals surface area contributed by atoms with Crippen LogP contribution in [0, 0.1) is 5.92 Å². The second kappa shape index (κ2) is 4.69. The lowest BCUT2D eigenvalue weighted by molar-refractivity contribution is 0.355. The average Bonchev–Trinajstić information content (AvgIpc) is 2.03. The van der Waals surface area contributed by atoms with Crippen LogP contribution in [0.4, 0.5) is 0 Å². The van der Waals surface area contributed by atoms with Crippen LogP contribution in [-0.2, 0) is 0 Å². The molecule has 0 aromatic rings. The Hall–Kier alpha value is -0.0800. The molecular weight excluding hydrogens is 124 g/mol. The number of nitrogens with one attached hydrogen (secondary N) is 2. The van der Waals surface area contributed by atoms with Crippen molar-refractivity contribution in [1.29, 1.82) is 0 Å². The molecule has 1 fully saturated rings. The first kappa shape index (κ1) is 8.02. The minimum atomic E-state index is 0.932. The first-order chi connectivity index (χ1) is 4.93. The van der Waals surface area contributed by atoms with E-state index in [1.165, 1.54) is 38.9 Å². The third-order valence-corrected chi connectivity index (χ3v) is 2.20. The molecule has 0 aromatic carbocycles. The van der Waals surface area contributed by atoms with Crippen LogP contribution in [-0.4, -0.2) is 26.7 Å². The highest BCUT2D eigenvalue weighted by molar-refractivity contribution is 4.69. The Bertz CT molecular complexity index is 77.3. The molecule has 1 aliphatic heterocycles. The molecule has 0 amide bonds. The van der Waals surface area contributed by atoms with Crippen LogP contribution in [0.25, 0.3) is 0 Å². The van der Waals surface area contributed by atoms with Crippen LogP contribution in [0.2, 0.25) is 0 Å². The quantitative estimate of drug-likeness (QED) is 0.603. The van der Waals surface area contributed by atoms with E-state index in [1.54, 1.807) is 0 Å². The molecule has 10 heavy (non-hydrogen) atoms. The van der Waals surface area contributed by atoms with Gasteiger partial charge in [-0.3, -0.25) is 0 Å². The van der Waals surface area contributed by atoms with Gasteiger partial charge in [0.15, 0.2) is 0 Å². The summed E-state index contributed by atoms with van der Waals surface area (Å²) in [5, 5.41) is 6.60. The van der Waals surface area contributed by atoms with E-state index in [4.69, 9.17) is 0 Å². The van der Waals surface area contributed by atoms with Gasteiger partial charge in [-0.1, -0.05) is 0 Å². The molecule has 1 aliphatic rings. The molecule has 0 bridgehead atoms. The van der Waals surface area contributed by atoms with E-state index >= 15 is 0 Å². The predicted octanol–water partition coefficient (Wildman–Crippen LogP) is 0.595. The Morgan fingerprint density at radius 2 is 2.50 bits per heavy atom. The smallest absolute Gasteiger partial charge is 0.00200 e. The van der Waals surface area contributed by atoms with Crippen molar-refractivity contribution < 1.29 is 0 Å². The van der Waals surface area contributed by atoms with Gasteiger partial charge in [-0.15, -0.1) is 0 Å². The Kier molecular flexibility index (Phi) is 3.76. The van der Waals surface area contributed by atoms with Crippen LogP contribution >= 0.6 is 0 Å². The largest absolute Gasteiger partial charge is 0.320 e. The molecule has 2 heteroatoms. The number of hydrogen-bond donors (Lipinski definition) is 2. The van der Waals surface area contributed by atoms with E-state index in [0.717, 1.165) is 5.92 Å². The van der Waals surface area contributed by atoms with Gasteiger partial charge < -0.3 is 10.6 Å². The van der Waals surface area contributed by atoms with Crippen LogP contribution in [0.5, 0.6) is 0 Å². The molecule has 0 aliphatic carbocycles. The van der Waals surface area contributed by atoms with E-state index < -0.39 is 0 Å². The van der Waals surface area contributed by atoms with Crippen molar-refractivity contribution in [3.63, 3.8) is 0 Å². The lowest BCUT2D eigenvalue weighted by Crippen LogP contribution is -2.31. The summed E-state index contributed by atoms with van der Waals surface area (Å²) in [6.07, 6.45) is 4.13. The summed E-state index contributed by atoms with van der Waals surface area (Å²) in [4.78, 5) is 0. The summed E-state index contributed by atoms with van der Waals surface area (Å²) >= 11 is 0. The van der Waals surface area contributed by atoms with Gasteiger partial charge >= 0.3 is 0 Å². The molecule has 1 atom stereocenters. The van der Waals surface area contributed by atoms with E-state index in [0.29, 0.717) is 0 Å². The Balaban J connectivity index is 2.02. The van der Waals surface area contributed by atoms with Gasteiger partial charge in [0.2, 0.25) is 0 Å². The molecule has 1 rings (SSSR count). The van der Waals surface area contributed by atoms with Crippen molar-refractivity contribution in [2.75, 3.05) is 26.7 Å². The standard InChI is InChI=1S/C8H18N2/c1-9-6-4-8-3-2-5-10-7-8/h8-10H,2-7H2,1H3/t8-/m1/s1. The minimum Gasteiger partial charge on any atom is -0.320 e. The summed E-state index contributed by atoms with van der Waals surface area (Å²) in [6.45, 7) is 3.64. The highest BCUT2D eigenvalue weighted by Crippen LogP contribution is 2.12. The Morgan fingerprint density at radius 1 is 1.60 bits per heavy atom. The van der Waals surface area contributed by atoms with Crippen molar-refractivity contribution in [3.8, 4) is 0 Å². The molecule has 1 saturated heterocycles. The molecule has 60 valence electrons. The predicted molar refractivity (Wildman–Crippen MR) is 44.1 cm³/mol. The second-order valence-corrected chi connectivity index (χ2v) is 3.10. The number of piperidine rings is 1. The first-order valence-electron chi connectivity index (χ1n) is 4.29.